The predicted octanol–water partition coefficient (Wildman–Crippen LogP) is 2.78. The van der Waals surface area contributed by atoms with E-state index < -0.39 is 16.4 Å². The molecular formula is C11H15FN2O2. The van der Waals surface area contributed by atoms with Gasteiger partial charge in [-0.1, -0.05) is 19.9 Å². The van der Waals surface area contributed by atoms with Gasteiger partial charge in [0, 0.05) is 12.1 Å². The molecule has 88 valence electrons. The number of nitrogens with zero attached hydrogens (tertiary/aromatic N) is 1. The molecule has 0 aliphatic heterocycles. The van der Waals surface area contributed by atoms with Gasteiger partial charge in [0.2, 0.25) is 5.82 Å². The highest BCUT2D eigenvalue weighted by Crippen LogP contribution is 2.24. The van der Waals surface area contributed by atoms with Gasteiger partial charge < -0.3 is 5.73 Å². The highest BCUT2D eigenvalue weighted by molar-refractivity contribution is 5.37. The molecule has 0 bridgehead atoms. The molecule has 1 aromatic carbocycles. The summed E-state index contributed by atoms with van der Waals surface area (Å²) in [5.74, 6) is -0.440. The van der Waals surface area contributed by atoms with Crippen LogP contribution in [0.1, 0.15) is 31.9 Å². The van der Waals surface area contributed by atoms with Crippen molar-refractivity contribution < 1.29 is 9.31 Å². The zero-order chi connectivity index (χ0) is 12.3. The number of benzene rings is 1. The zero-order valence-corrected chi connectivity index (χ0v) is 9.31. The lowest BCUT2D eigenvalue weighted by molar-refractivity contribution is -0.387. The SMILES string of the molecule is CC(C)C[C@H](N)c1ccc(F)c([N+](=O)[O-])c1. The minimum absolute atomic E-state index is 0.292. The van der Waals surface area contributed by atoms with E-state index in [2.05, 4.69) is 0 Å². The van der Waals surface area contributed by atoms with Crippen LogP contribution < -0.4 is 5.73 Å². The van der Waals surface area contributed by atoms with Crippen molar-refractivity contribution in [2.24, 2.45) is 11.7 Å². The van der Waals surface area contributed by atoms with Crippen LogP contribution >= 0.6 is 0 Å². The molecule has 1 rings (SSSR count). The van der Waals surface area contributed by atoms with Crippen LogP contribution in [0.25, 0.3) is 0 Å². The largest absolute Gasteiger partial charge is 0.324 e. The van der Waals surface area contributed by atoms with Crippen LogP contribution in [0.3, 0.4) is 0 Å². The Bertz CT molecular complexity index is 394. The molecule has 1 aromatic rings. The molecule has 2 N–H and O–H groups in total. The maximum atomic E-state index is 13.1. The van der Waals surface area contributed by atoms with Gasteiger partial charge >= 0.3 is 5.69 Å². The quantitative estimate of drug-likeness (QED) is 0.634. The van der Waals surface area contributed by atoms with E-state index >= 15 is 0 Å². The van der Waals surface area contributed by atoms with Crippen LogP contribution in [0.2, 0.25) is 0 Å². The summed E-state index contributed by atoms with van der Waals surface area (Å²) in [5, 5.41) is 10.5. The van der Waals surface area contributed by atoms with Crippen LogP contribution in [0.15, 0.2) is 18.2 Å². The molecule has 0 saturated carbocycles. The number of halogens is 1. The summed E-state index contributed by atoms with van der Waals surface area (Å²) in [6.07, 6.45) is 0.711. The average Bonchev–Trinajstić information content (AvgIpc) is 2.16. The summed E-state index contributed by atoms with van der Waals surface area (Å²) in [5.41, 5.74) is 5.95. The van der Waals surface area contributed by atoms with Gasteiger partial charge in [0.25, 0.3) is 0 Å². The molecule has 0 aliphatic rings. The first-order chi connectivity index (χ1) is 7.41. The van der Waals surface area contributed by atoms with Crippen molar-refractivity contribution in [3.63, 3.8) is 0 Å². The van der Waals surface area contributed by atoms with Crippen LogP contribution in [-0.4, -0.2) is 4.92 Å². The fourth-order valence-electron chi connectivity index (χ4n) is 1.54. The van der Waals surface area contributed by atoms with Crippen molar-refractivity contribution in [2.75, 3.05) is 0 Å². The van der Waals surface area contributed by atoms with E-state index in [-0.39, 0.29) is 6.04 Å². The average molecular weight is 226 g/mol. The topological polar surface area (TPSA) is 69.2 Å². The molecule has 0 amide bonds. The van der Waals surface area contributed by atoms with Gasteiger partial charge in [-0.3, -0.25) is 10.1 Å². The van der Waals surface area contributed by atoms with Crippen LogP contribution in [0.5, 0.6) is 0 Å². The van der Waals surface area contributed by atoms with E-state index in [4.69, 9.17) is 5.73 Å². The van der Waals surface area contributed by atoms with Gasteiger partial charge in [0.1, 0.15) is 0 Å². The Kier molecular flexibility index (Phi) is 3.95. The second-order valence-electron chi connectivity index (χ2n) is 4.20. The number of nitro benzene ring substituents is 1. The number of rotatable bonds is 4. The van der Waals surface area contributed by atoms with E-state index in [1.165, 1.54) is 12.1 Å². The van der Waals surface area contributed by atoms with E-state index in [0.29, 0.717) is 17.9 Å². The monoisotopic (exact) mass is 226 g/mol. The maximum absolute atomic E-state index is 13.1. The summed E-state index contributed by atoms with van der Waals surface area (Å²) < 4.78 is 13.1. The summed E-state index contributed by atoms with van der Waals surface area (Å²) in [6.45, 7) is 4.02. The third-order valence-electron chi connectivity index (χ3n) is 2.32. The number of hydrogen-bond donors (Lipinski definition) is 1. The minimum Gasteiger partial charge on any atom is -0.324 e. The smallest absolute Gasteiger partial charge is 0.305 e. The Labute approximate surface area is 93.4 Å². The third kappa shape index (κ3) is 3.00. The van der Waals surface area contributed by atoms with E-state index in [0.717, 1.165) is 6.07 Å². The molecule has 0 heterocycles. The van der Waals surface area contributed by atoms with Gasteiger partial charge in [0.05, 0.1) is 4.92 Å². The first kappa shape index (κ1) is 12.6. The fourth-order valence-corrected chi connectivity index (χ4v) is 1.54. The Hall–Kier alpha value is -1.49. The van der Waals surface area contributed by atoms with Crippen molar-refractivity contribution in [1.29, 1.82) is 0 Å². The molecule has 1 atom stereocenters. The molecule has 0 unspecified atom stereocenters. The van der Waals surface area contributed by atoms with Gasteiger partial charge in [-0.15, -0.1) is 0 Å². The molecule has 0 fully saturated rings. The highest BCUT2D eigenvalue weighted by atomic mass is 19.1. The number of nitro groups is 1. The zero-order valence-electron chi connectivity index (χ0n) is 9.31. The molecule has 4 nitrogen and oxygen atoms in total. The minimum atomic E-state index is -0.828. The molecule has 5 heteroatoms. The van der Waals surface area contributed by atoms with Crippen molar-refractivity contribution in [3.05, 3.63) is 39.7 Å². The molecule has 0 spiro atoms. The molecule has 16 heavy (non-hydrogen) atoms. The van der Waals surface area contributed by atoms with Gasteiger partial charge in [-0.25, -0.2) is 0 Å². The number of nitrogens with two attached hydrogens (primary N) is 1. The summed E-state index contributed by atoms with van der Waals surface area (Å²) in [6, 6.07) is 3.50. The van der Waals surface area contributed by atoms with Crippen LogP contribution in [0, 0.1) is 21.8 Å². The summed E-state index contributed by atoms with van der Waals surface area (Å²) in [7, 11) is 0. The lowest BCUT2D eigenvalue weighted by Crippen LogP contribution is -2.13. The molecular weight excluding hydrogens is 211 g/mol. The highest BCUT2D eigenvalue weighted by Gasteiger charge is 2.17. The van der Waals surface area contributed by atoms with Crippen molar-refractivity contribution >= 4 is 5.69 Å². The normalized spacial score (nSPS) is 12.8. The van der Waals surface area contributed by atoms with Crippen molar-refractivity contribution in [1.82, 2.24) is 0 Å². The van der Waals surface area contributed by atoms with Crippen molar-refractivity contribution in [2.45, 2.75) is 26.3 Å². The van der Waals surface area contributed by atoms with Gasteiger partial charge in [-0.05, 0) is 24.0 Å². The fraction of sp³-hybridized carbons (Fsp3) is 0.455. The summed E-state index contributed by atoms with van der Waals surface area (Å²) in [4.78, 5) is 9.81. The third-order valence-corrected chi connectivity index (χ3v) is 2.32. The number of hydrogen-bond acceptors (Lipinski definition) is 3. The summed E-state index contributed by atoms with van der Waals surface area (Å²) >= 11 is 0. The van der Waals surface area contributed by atoms with E-state index in [9.17, 15) is 14.5 Å². The first-order valence-electron chi connectivity index (χ1n) is 5.11. The Morgan fingerprint density at radius 3 is 2.62 bits per heavy atom. The maximum Gasteiger partial charge on any atom is 0.305 e. The lowest BCUT2D eigenvalue weighted by Gasteiger charge is -2.14. The Balaban J connectivity index is 2.98. The molecule has 0 saturated heterocycles. The molecule has 0 radical (unpaired) electrons. The first-order valence-corrected chi connectivity index (χ1v) is 5.11. The predicted molar refractivity (Wildman–Crippen MR) is 59.4 cm³/mol. The van der Waals surface area contributed by atoms with E-state index in [1.54, 1.807) is 0 Å². The van der Waals surface area contributed by atoms with Crippen LogP contribution in [-0.2, 0) is 0 Å². The van der Waals surface area contributed by atoms with E-state index in [1.807, 2.05) is 13.8 Å². The Morgan fingerprint density at radius 2 is 2.12 bits per heavy atom. The van der Waals surface area contributed by atoms with Crippen LogP contribution in [0.4, 0.5) is 10.1 Å². The van der Waals surface area contributed by atoms with Crippen molar-refractivity contribution in [3.8, 4) is 0 Å². The van der Waals surface area contributed by atoms with Gasteiger partial charge in [-0.2, -0.15) is 4.39 Å². The second kappa shape index (κ2) is 5.03. The Morgan fingerprint density at radius 1 is 1.50 bits per heavy atom. The molecule has 0 aromatic heterocycles. The standard InChI is InChI=1S/C11H15FN2O2/c1-7(2)5-10(13)8-3-4-9(12)11(6-8)14(15)16/h3-4,6-7,10H,5,13H2,1-2H3/t10-/m0/s1. The molecule has 0 aliphatic carbocycles. The van der Waals surface area contributed by atoms with Gasteiger partial charge in [0.15, 0.2) is 0 Å². The lowest BCUT2D eigenvalue weighted by atomic mass is 9.97. The second-order valence-corrected chi connectivity index (χ2v) is 4.20.